The van der Waals surface area contributed by atoms with Crippen molar-refractivity contribution in [1.29, 1.82) is 5.26 Å². The lowest BCUT2D eigenvalue weighted by atomic mass is 9.99. The van der Waals surface area contributed by atoms with Crippen molar-refractivity contribution in [1.82, 2.24) is 9.88 Å². The predicted molar refractivity (Wildman–Crippen MR) is 229 cm³/mol. The highest BCUT2D eigenvalue weighted by atomic mass is 35.5. The molecule has 0 aliphatic carbocycles. The minimum Gasteiger partial charge on any atom is -0.495 e. The average Bonchev–Trinajstić information content (AvgIpc) is 3.29. The van der Waals surface area contributed by atoms with Crippen molar-refractivity contribution in [2.24, 2.45) is 0 Å². The molecular weight excluding hydrogens is 816 g/mol. The number of aromatic nitrogens is 1. The first-order valence-corrected chi connectivity index (χ1v) is 20.3. The minimum absolute atomic E-state index is 0.0596. The van der Waals surface area contributed by atoms with Gasteiger partial charge in [0.25, 0.3) is 5.56 Å². The normalized spacial score (nSPS) is 14.8. The monoisotopic (exact) mass is 860 g/mol. The summed E-state index contributed by atoms with van der Waals surface area (Å²) in [6, 6.07) is 29.4. The summed E-state index contributed by atoms with van der Waals surface area (Å²) in [6.45, 7) is 1.83. The van der Waals surface area contributed by atoms with Crippen LogP contribution in [0.25, 0.3) is 11.1 Å². The molecular formula is C47H45ClN4O10. The molecule has 6 rings (SSSR count). The van der Waals surface area contributed by atoms with Crippen molar-refractivity contribution in [3.8, 4) is 22.9 Å². The number of alkyl carbamates (subject to hydrolysis) is 1. The molecule has 2 N–H and O–H groups in total. The number of carbonyl (C=O) groups is 4. The molecule has 320 valence electrons. The Morgan fingerprint density at radius 3 is 2.19 bits per heavy atom. The number of nitrogens with zero attached hydrogens (tertiary/aromatic N) is 2. The second kappa shape index (κ2) is 21.5. The van der Waals surface area contributed by atoms with Crippen LogP contribution in [0, 0.1) is 11.3 Å². The molecule has 0 bridgehead atoms. The van der Waals surface area contributed by atoms with Gasteiger partial charge in [0, 0.05) is 40.9 Å². The fourth-order valence-electron chi connectivity index (χ4n) is 6.87. The second-order valence-corrected chi connectivity index (χ2v) is 14.9. The number of hydrogen-bond donors (Lipinski definition) is 2. The summed E-state index contributed by atoms with van der Waals surface area (Å²) in [5.74, 6) is -1.95. The predicted octanol–water partition coefficient (Wildman–Crippen LogP) is 7.77. The zero-order chi connectivity index (χ0) is 44.0. The maximum Gasteiger partial charge on any atom is 0.408 e. The average molecular weight is 861 g/mol. The highest BCUT2D eigenvalue weighted by molar-refractivity contribution is 6.31. The van der Waals surface area contributed by atoms with Crippen molar-refractivity contribution in [2.45, 2.75) is 70.1 Å². The highest BCUT2D eigenvalue weighted by Gasteiger charge is 2.33. The molecule has 0 saturated carbocycles. The lowest BCUT2D eigenvalue weighted by Crippen LogP contribution is -2.50. The molecule has 1 aromatic heterocycles. The third-order valence-corrected chi connectivity index (χ3v) is 10.4. The second-order valence-electron chi connectivity index (χ2n) is 14.5. The largest absolute Gasteiger partial charge is 0.495 e. The number of rotatable bonds is 16. The fourth-order valence-corrected chi connectivity index (χ4v) is 7.04. The van der Waals surface area contributed by atoms with E-state index in [1.54, 1.807) is 66.7 Å². The molecule has 0 spiro atoms. The SMILES string of the molecule is COc1cn(C(C[C@@H]2CCCCO2)C(=O)Nc2ccc(C(=O)O[C@H](C)[C@H](NC(=O)OCc3ccccc3)C(=O)OCc3ccccc3)cc2)c(=O)cc1-c1cc(Cl)ccc1C#N. The molecule has 4 atom stereocenters. The topological polar surface area (TPSA) is 184 Å². The number of amides is 2. The summed E-state index contributed by atoms with van der Waals surface area (Å²) in [7, 11) is 1.42. The van der Waals surface area contributed by atoms with Crippen molar-refractivity contribution >= 4 is 41.2 Å². The van der Waals surface area contributed by atoms with Crippen molar-refractivity contribution < 1.29 is 42.9 Å². The zero-order valence-corrected chi connectivity index (χ0v) is 34.8. The smallest absolute Gasteiger partial charge is 0.408 e. The Kier molecular flexibility index (Phi) is 15.5. The van der Waals surface area contributed by atoms with E-state index in [-0.39, 0.29) is 42.6 Å². The third kappa shape index (κ3) is 11.9. The number of halogens is 1. The number of anilines is 1. The summed E-state index contributed by atoms with van der Waals surface area (Å²) in [5, 5.41) is 15.4. The van der Waals surface area contributed by atoms with E-state index in [0.29, 0.717) is 40.4 Å². The number of ether oxygens (including phenoxy) is 5. The number of esters is 2. The van der Waals surface area contributed by atoms with Gasteiger partial charge in [0.15, 0.2) is 6.04 Å². The number of nitrogens with one attached hydrogen (secondary N) is 2. The third-order valence-electron chi connectivity index (χ3n) is 10.2. The summed E-state index contributed by atoms with van der Waals surface area (Å²) in [4.78, 5) is 67.5. The number of benzene rings is 4. The molecule has 1 saturated heterocycles. The Bertz CT molecular complexity index is 2450. The highest BCUT2D eigenvalue weighted by Crippen LogP contribution is 2.34. The first-order chi connectivity index (χ1) is 30.0. The first-order valence-electron chi connectivity index (χ1n) is 19.9. The van der Waals surface area contributed by atoms with E-state index in [0.717, 1.165) is 18.4 Å². The van der Waals surface area contributed by atoms with Crippen LogP contribution >= 0.6 is 11.6 Å². The summed E-state index contributed by atoms with van der Waals surface area (Å²) in [5.41, 5.74) is 2.35. The van der Waals surface area contributed by atoms with Gasteiger partial charge in [0.05, 0.1) is 36.6 Å². The Morgan fingerprint density at radius 2 is 1.56 bits per heavy atom. The van der Waals surface area contributed by atoms with E-state index in [4.69, 9.17) is 35.3 Å². The molecule has 15 heteroatoms. The van der Waals surface area contributed by atoms with E-state index in [1.165, 1.54) is 55.1 Å². The number of methoxy groups -OCH3 is 1. The van der Waals surface area contributed by atoms with Crippen LogP contribution in [0.15, 0.2) is 120 Å². The van der Waals surface area contributed by atoms with E-state index >= 15 is 0 Å². The molecule has 1 fully saturated rings. The van der Waals surface area contributed by atoms with Gasteiger partial charge in [-0.3, -0.25) is 14.2 Å². The van der Waals surface area contributed by atoms with Crippen molar-refractivity contribution in [2.75, 3.05) is 19.0 Å². The molecule has 1 aliphatic heterocycles. The molecule has 2 heterocycles. The number of hydrogen-bond acceptors (Lipinski definition) is 11. The standard InChI is InChI=1S/C47H45ClN4O10/c1-30(43(46(56)60-28-31-11-5-3-6-12-31)51-47(57)61-29-32-13-7-4-8-14-32)62-45(55)33-17-20-36(21-18-33)50-44(54)40(24-37-15-9-10-22-59-37)52-27-41(58-2)39(25-42(52)53)38-23-35(48)19-16-34(38)26-49/h3-8,11-14,16-21,23,25,27,30,37,40,43H,9-10,15,22,24,28-29H2,1-2H3,(H,50,54)(H,51,57)/t30-,37+,40?,43+/m1/s1. The molecule has 14 nitrogen and oxygen atoms in total. The quantitative estimate of drug-likeness (QED) is 0.0730. The van der Waals surface area contributed by atoms with Gasteiger partial charge in [-0.25, -0.2) is 14.4 Å². The molecule has 1 unspecified atom stereocenters. The molecule has 5 aromatic rings. The fraction of sp³-hybridized carbons (Fsp3) is 0.277. The van der Waals surface area contributed by atoms with E-state index < -0.39 is 47.7 Å². The van der Waals surface area contributed by atoms with Crippen LogP contribution in [0.4, 0.5) is 10.5 Å². The van der Waals surface area contributed by atoms with E-state index in [1.807, 2.05) is 12.1 Å². The maximum atomic E-state index is 14.1. The maximum absolute atomic E-state index is 14.1. The van der Waals surface area contributed by atoms with Gasteiger partial charge >= 0.3 is 18.0 Å². The van der Waals surface area contributed by atoms with Crippen molar-refractivity contribution in [3.63, 3.8) is 0 Å². The van der Waals surface area contributed by atoms with Gasteiger partial charge in [-0.1, -0.05) is 72.3 Å². The van der Waals surface area contributed by atoms with Crippen LogP contribution in [0.1, 0.15) is 65.7 Å². The number of pyridine rings is 1. The van der Waals surface area contributed by atoms with Crippen LogP contribution in [-0.2, 0) is 41.8 Å². The summed E-state index contributed by atoms with van der Waals surface area (Å²) >= 11 is 6.25. The number of carbonyl (C=O) groups excluding carboxylic acids is 4. The van der Waals surface area contributed by atoms with Gasteiger partial charge in [0.2, 0.25) is 5.91 Å². The van der Waals surface area contributed by atoms with Crippen LogP contribution in [0.5, 0.6) is 5.75 Å². The first kappa shape index (κ1) is 44.6. The molecule has 62 heavy (non-hydrogen) atoms. The van der Waals surface area contributed by atoms with Gasteiger partial charge < -0.3 is 34.3 Å². The Labute approximate surface area is 363 Å². The van der Waals surface area contributed by atoms with Crippen LogP contribution in [0.3, 0.4) is 0 Å². The molecule has 1 aliphatic rings. The number of nitriles is 1. The van der Waals surface area contributed by atoms with Crippen molar-refractivity contribution in [3.05, 3.63) is 153 Å². The Balaban J connectivity index is 1.16. The minimum atomic E-state index is -1.43. The van der Waals surface area contributed by atoms with Gasteiger partial charge in [-0.15, -0.1) is 0 Å². The van der Waals surface area contributed by atoms with Crippen LogP contribution in [0.2, 0.25) is 5.02 Å². The van der Waals surface area contributed by atoms with Gasteiger partial charge in [-0.05, 0) is 79.8 Å². The summed E-state index contributed by atoms with van der Waals surface area (Å²) in [6.07, 6.45) is 1.70. The van der Waals surface area contributed by atoms with E-state index in [2.05, 4.69) is 16.7 Å². The molecule has 0 radical (unpaired) electrons. The Hall–Kier alpha value is -6.95. The Morgan fingerprint density at radius 1 is 0.887 bits per heavy atom. The summed E-state index contributed by atoms with van der Waals surface area (Å²) < 4.78 is 29.4. The lowest BCUT2D eigenvalue weighted by molar-refractivity contribution is -0.150. The van der Waals surface area contributed by atoms with Crippen LogP contribution in [-0.4, -0.2) is 60.5 Å². The lowest BCUT2D eigenvalue weighted by Gasteiger charge is -2.28. The van der Waals surface area contributed by atoms with Gasteiger partial charge in [0.1, 0.15) is 31.1 Å². The molecule has 4 aromatic carbocycles. The van der Waals surface area contributed by atoms with E-state index in [9.17, 15) is 29.2 Å². The zero-order valence-electron chi connectivity index (χ0n) is 34.1. The van der Waals surface area contributed by atoms with Crippen LogP contribution < -0.4 is 20.9 Å². The molecule has 2 amide bonds. The van der Waals surface area contributed by atoms with Gasteiger partial charge in [-0.2, -0.15) is 5.26 Å².